The van der Waals surface area contributed by atoms with Crippen molar-refractivity contribution in [3.63, 3.8) is 0 Å². The number of piperidine rings is 1. The predicted octanol–water partition coefficient (Wildman–Crippen LogP) is 2.93. The molecule has 0 unspecified atom stereocenters. The first kappa shape index (κ1) is 20.8. The summed E-state index contributed by atoms with van der Waals surface area (Å²) in [4.78, 5) is 19.7. The molecule has 2 aromatic rings. The van der Waals surface area contributed by atoms with E-state index in [0.717, 1.165) is 23.9 Å². The number of anilines is 2. The molecule has 2 aliphatic rings. The predicted molar refractivity (Wildman–Crippen MR) is 110 cm³/mol. The van der Waals surface area contributed by atoms with Crippen LogP contribution in [0, 0.1) is 23.0 Å². The van der Waals surface area contributed by atoms with Crippen LogP contribution in [0.5, 0.6) is 0 Å². The van der Waals surface area contributed by atoms with Crippen LogP contribution in [0.1, 0.15) is 30.4 Å². The third-order valence-corrected chi connectivity index (χ3v) is 5.39. The van der Waals surface area contributed by atoms with Gasteiger partial charge < -0.3 is 20.2 Å². The molecule has 0 aromatic heterocycles. The van der Waals surface area contributed by atoms with Gasteiger partial charge in [0.1, 0.15) is 17.7 Å². The topological polar surface area (TPSA) is 98.0 Å². The van der Waals surface area contributed by atoms with Gasteiger partial charge in [0.2, 0.25) is 6.10 Å². The number of halogens is 2. The zero-order valence-corrected chi connectivity index (χ0v) is 16.5. The first-order valence-electron chi connectivity index (χ1n) is 9.90. The number of oxime groups is 1. The molecule has 2 aliphatic heterocycles. The second kappa shape index (κ2) is 8.70. The van der Waals surface area contributed by atoms with Crippen molar-refractivity contribution in [3.05, 3.63) is 59.2 Å². The maximum atomic E-state index is 13.9. The molecule has 9 heteroatoms. The zero-order chi connectivity index (χ0) is 22.0. The van der Waals surface area contributed by atoms with E-state index < -0.39 is 23.6 Å². The summed E-state index contributed by atoms with van der Waals surface area (Å²) >= 11 is 0. The van der Waals surface area contributed by atoms with Crippen LogP contribution < -0.4 is 10.2 Å². The molecule has 1 saturated heterocycles. The van der Waals surface area contributed by atoms with Crippen LogP contribution in [0.2, 0.25) is 0 Å². The van der Waals surface area contributed by atoms with E-state index in [2.05, 4.69) is 16.5 Å². The SMILES string of the molecule is N#Cc1cc(NC(=O)[C@H]2CC(c3cc(F)ccc3F)=NO2)ccc1N1CCC(O)CC1. The average Bonchev–Trinajstić information content (AvgIpc) is 3.26. The highest BCUT2D eigenvalue weighted by Gasteiger charge is 2.30. The second-order valence-electron chi connectivity index (χ2n) is 7.51. The summed E-state index contributed by atoms with van der Waals surface area (Å²) in [6.07, 6.45) is -0.0511. The average molecular weight is 426 g/mol. The summed E-state index contributed by atoms with van der Waals surface area (Å²) in [5.74, 6) is -1.77. The van der Waals surface area contributed by atoms with Crippen LogP contribution in [0.25, 0.3) is 0 Å². The van der Waals surface area contributed by atoms with Crippen molar-refractivity contribution in [2.24, 2.45) is 5.16 Å². The maximum Gasteiger partial charge on any atom is 0.268 e. The van der Waals surface area contributed by atoms with Gasteiger partial charge in [-0.05, 0) is 49.2 Å². The Kier molecular flexibility index (Phi) is 5.82. The van der Waals surface area contributed by atoms with E-state index in [-0.39, 0.29) is 23.8 Å². The number of carbonyl (C=O) groups excluding carboxylic acids is 1. The highest BCUT2D eigenvalue weighted by Crippen LogP contribution is 2.27. The van der Waals surface area contributed by atoms with Crippen molar-refractivity contribution in [1.82, 2.24) is 0 Å². The van der Waals surface area contributed by atoms with Crippen molar-refractivity contribution in [3.8, 4) is 6.07 Å². The fourth-order valence-electron chi connectivity index (χ4n) is 3.70. The largest absolute Gasteiger partial charge is 0.393 e. The van der Waals surface area contributed by atoms with Crippen molar-refractivity contribution in [2.45, 2.75) is 31.5 Å². The smallest absolute Gasteiger partial charge is 0.268 e. The van der Waals surface area contributed by atoms with Crippen LogP contribution >= 0.6 is 0 Å². The minimum Gasteiger partial charge on any atom is -0.393 e. The number of amides is 1. The maximum absolute atomic E-state index is 13.9. The summed E-state index contributed by atoms with van der Waals surface area (Å²) in [5.41, 5.74) is 1.67. The molecular formula is C22H20F2N4O3. The molecule has 0 bridgehead atoms. The lowest BCUT2D eigenvalue weighted by molar-refractivity contribution is -0.125. The number of nitriles is 1. The van der Waals surface area contributed by atoms with Crippen molar-refractivity contribution in [1.29, 1.82) is 5.26 Å². The summed E-state index contributed by atoms with van der Waals surface area (Å²) in [7, 11) is 0. The van der Waals surface area contributed by atoms with Gasteiger partial charge in [0.25, 0.3) is 5.91 Å². The molecular weight excluding hydrogens is 406 g/mol. The fraction of sp³-hybridized carbons (Fsp3) is 0.318. The van der Waals surface area contributed by atoms with E-state index >= 15 is 0 Å². The highest BCUT2D eigenvalue weighted by atomic mass is 19.1. The second-order valence-corrected chi connectivity index (χ2v) is 7.51. The molecule has 0 radical (unpaired) electrons. The molecule has 0 saturated carbocycles. The molecule has 2 N–H and O–H groups in total. The molecule has 4 rings (SSSR count). The van der Waals surface area contributed by atoms with Crippen LogP contribution in [0.4, 0.5) is 20.2 Å². The summed E-state index contributed by atoms with van der Waals surface area (Å²) in [6, 6.07) is 10.2. The minimum atomic E-state index is -0.994. The van der Waals surface area contributed by atoms with Crippen molar-refractivity contribution >= 4 is 23.0 Å². The Balaban J connectivity index is 1.42. The van der Waals surface area contributed by atoms with Crippen LogP contribution in [-0.2, 0) is 9.63 Å². The molecule has 2 aromatic carbocycles. The van der Waals surface area contributed by atoms with E-state index in [9.17, 15) is 23.9 Å². The Morgan fingerprint density at radius 1 is 1.23 bits per heavy atom. The molecule has 31 heavy (non-hydrogen) atoms. The van der Waals surface area contributed by atoms with Gasteiger partial charge >= 0.3 is 0 Å². The Morgan fingerprint density at radius 2 is 2.00 bits per heavy atom. The normalized spacial score (nSPS) is 18.8. The molecule has 1 amide bonds. The van der Waals surface area contributed by atoms with Crippen LogP contribution in [0.15, 0.2) is 41.6 Å². The summed E-state index contributed by atoms with van der Waals surface area (Å²) in [6.45, 7) is 1.29. The lowest BCUT2D eigenvalue weighted by Crippen LogP contribution is -2.36. The van der Waals surface area contributed by atoms with E-state index in [1.165, 1.54) is 0 Å². The number of nitrogens with zero attached hydrogens (tertiary/aromatic N) is 3. The van der Waals surface area contributed by atoms with Crippen LogP contribution in [-0.4, -0.2) is 42.0 Å². The number of aliphatic hydroxyl groups excluding tert-OH is 1. The fourth-order valence-corrected chi connectivity index (χ4v) is 3.70. The van der Waals surface area contributed by atoms with Crippen molar-refractivity contribution < 1.29 is 23.5 Å². The Bertz CT molecular complexity index is 1070. The summed E-state index contributed by atoms with van der Waals surface area (Å²) in [5, 5.41) is 25.6. The number of aliphatic hydroxyl groups is 1. The van der Waals surface area contributed by atoms with Gasteiger partial charge in [-0.25, -0.2) is 8.78 Å². The molecule has 1 atom stereocenters. The van der Waals surface area contributed by atoms with E-state index in [4.69, 9.17) is 4.84 Å². The number of hydrogen-bond donors (Lipinski definition) is 2. The molecule has 1 fully saturated rings. The third-order valence-electron chi connectivity index (χ3n) is 5.39. The number of carbonyl (C=O) groups is 1. The van der Waals surface area contributed by atoms with Crippen molar-refractivity contribution in [2.75, 3.05) is 23.3 Å². The van der Waals surface area contributed by atoms with Crippen LogP contribution in [0.3, 0.4) is 0 Å². The van der Waals surface area contributed by atoms with Gasteiger partial charge in [-0.3, -0.25) is 4.79 Å². The highest BCUT2D eigenvalue weighted by molar-refractivity contribution is 6.06. The number of rotatable bonds is 4. The monoisotopic (exact) mass is 426 g/mol. The molecule has 0 aliphatic carbocycles. The first-order chi connectivity index (χ1) is 14.9. The number of nitrogens with one attached hydrogen (secondary N) is 1. The standard InChI is InChI=1S/C22H20F2N4O3/c23-14-1-3-18(24)17(10-14)19-11-21(31-27-19)22(30)26-15-2-4-20(13(9-15)12-25)28-7-5-16(29)6-8-28/h1-4,9-10,16,21,29H,5-8,11H2,(H,26,30)/t21-/m1/s1. The van der Waals surface area contributed by atoms with Gasteiger partial charge in [-0.2, -0.15) is 5.26 Å². The molecule has 0 spiro atoms. The zero-order valence-electron chi connectivity index (χ0n) is 16.5. The Hall–Kier alpha value is -3.51. The lowest BCUT2D eigenvalue weighted by Gasteiger charge is -2.32. The van der Waals surface area contributed by atoms with E-state index in [1.807, 2.05) is 4.90 Å². The lowest BCUT2D eigenvalue weighted by atomic mass is 10.0. The molecule has 2 heterocycles. The molecule has 160 valence electrons. The van der Waals surface area contributed by atoms with Gasteiger partial charge in [0.15, 0.2) is 0 Å². The quantitative estimate of drug-likeness (QED) is 0.784. The minimum absolute atomic E-state index is 0.00843. The van der Waals surface area contributed by atoms with E-state index in [0.29, 0.717) is 37.2 Å². The first-order valence-corrected chi connectivity index (χ1v) is 9.90. The third kappa shape index (κ3) is 4.49. The Morgan fingerprint density at radius 3 is 2.74 bits per heavy atom. The number of hydrogen-bond acceptors (Lipinski definition) is 6. The molecule has 7 nitrogen and oxygen atoms in total. The van der Waals surface area contributed by atoms with Gasteiger partial charge in [0.05, 0.1) is 23.1 Å². The summed E-state index contributed by atoms with van der Waals surface area (Å²) < 4.78 is 27.4. The van der Waals surface area contributed by atoms with Gasteiger partial charge in [-0.15, -0.1) is 0 Å². The van der Waals surface area contributed by atoms with E-state index in [1.54, 1.807) is 18.2 Å². The van der Waals surface area contributed by atoms with Gasteiger partial charge in [-0.1, -0.05) is 5.16 Å². The van der Waals surface area contributed by atoms with Gasteiger partial charge in [0, 0.05) is 30.8 Å². The Labute approximate surface area is 177 Å². The number of benzene rings is 2.